The number of carbonyl (C=O) groups is 2. The van der Waals surface area contributed by atoms with Crippen molar-refractivity contribution in [2.24, 2.45) is 0 Å². The molecule has 0 bridgehead atoms. The van der Waals surface area contributed by atoms with Gasteiger partial charge in [-0.05, 0) is 36.4 Å². The van der Waals surface area contributed by atoms with E-state index < -0.39 is 46.3 Å². The molecule has 0 radical (unpaired) electrons. The minimum absolute atomic E-state index is 0.0506. The molecule has 1 heterocycles. The van der Waals surface area contributed by atoms with Crippen LogP contribution in [0.4, 0.5) is 33.7 Å². The summed E-state index contributed by atoms with van der Waals surface area (Å²) in [4.78, 5) is 28.9. The van der Waals surface area contributed by atoms with Crippen LogP contribution in [-0.4, -0.2) is 16.8 Å². The number of aromatic nitrogens is 1. The van der Waals surface area contributed by atoms with Crippen molar-refractivity contribution < 1.29 is 27.2 Å². The van der Waals surface area contributed by atoms with Crippen LogP contribution in [0.2, 0.25) is 0 Å². The Morgan fingerprint density at radius 1 is 0.903 bits per heavy atom. The molecule has 5 nitrogen and oxygen atoms in total. The fraction of sp³-hybridized carbons (Fsp3) is 0. The van der Waals surface area contributed by atoms with Crippen molar-refractivity contribution in [3.05, 3.63) is 88.4 Å². The molecule has 156 valence electrons. The molecule has 0 saturated carbocycles. The first-order chi connectivity index (χ1) is 14.8. The highest BCUT2D eigenvalue weighted by atomic mass is 32.1. The first-order valence-corrected chi connectivity index (χ1v) is 9.60. The second-order valence-corrected chi connectivity index (χ2v) is 7.25. The summed E-state index contributed by atoms with van der Waals surface area (Å²) in [6.45, 7) is 0. The SMILES string of the molecule is O=C(Nc1cccc(F)c1)Nc1cc(F)c(F)c(C(=O)c2ccc3ncsc3c2)c1F. The summed E-state index contributed by atoms with van der Waals surface area (Å²) in [5.74, 6) is -6.36. The number of benzene rings is 3. The zero-order chi connectivity index (χ0) is 22.1. The molecule has 2 amide bonds. The van der Waals surface area contributed by atoms with Gasteiger partial charge in [-0.3, -0.25) is 4.79 Å². The fourth-order valence-electron chi connectivity index (χ4n) is 2.89. The van der Waals surface area contributed by atoms with Crippen LogP contribution in [-0.2, 0) is 0 Å². The van der Waals surface area contributed by atoms with E-state index >= 15 is 0 Å². The molecular weight excluding hydrogens is 434 g/mol. The maximum atomic E-state index is 14.9. The van der Waals surface area contributed by atoms with E-state index in [9.17, 15) is 27.2 Å². The Labute approximate surface area is 176 Å². The summed E-state index contributed by atoms with van der Waals surface area (Å²) in [6.07, 6.45) is 0. The largest absolute Gasteiger partial charge is 0.323 e. The van der Waals surface area contributed by atoms with Gasteiger partial charge in [-0.25, -0.2) is 27.3 Å². The van der Waals surface area contributed by atoms with Gasteiger partial charge in [0.25, 0.3) is 0 Å². The number of urea groups is 1. The smallest absolute Gasteiger partial charge is 0.308 e. The molecule has 10 heteroatoms. The van der Waals surface area contributed by atoms with E-state index in [1.165, 1.54) is 41.7 Å². The molecule has 3 aromatic carbocycles. The van der Waals surface area contributed by atoms with Crippen molar-refractivity contribution in [1.29, 1.82) is 0 Å². The van der Waals surface area contributed by atoms with E-state index in [1.54, 1.807) is 5.51 Å². The third-order valence-corrected chi connectivity index (χ3v) is 5.10. The molecule has 0 fully saturated rings. The second-order valence-electron chi connectivity index (χ2n) is 6.36. The highest BCUT2D eigenvalue weighted by molar-refractivity contribution is 7.16. The molecule has 1 aromatic heterocycles. The van der Waals surface area contributed by atoms with Crippen LogP contribution in [0.3, 0.4) is 0 Å². The average Bonchev–Trinajstić information content (AvgIpc) is 3.20. The number of halogens is 4. The fourth-order valence-corrected chi connectivity index (χ4v) is 3.60. The average molecular weight is 445 g/mol. The molecule has 31 heavy (non-hydrogen) atoms. The normalized spacial score (nSPS) is 10.8. The lowest BCUT2D eigenvalue weighted by atomic mass is 10.0. The van der Waals surface area contributed by atoms with Gasteiger partial charge >= 0.3 is 6.03 Å². The Bertz CT molecular complexity index is 1340. The summed E-state index contributed by atoms with van der Waals surface area (Å²) in [7, 11) is 0. The standard InChI is InChI=1S/C21H11F4N3O2S/c22-11-2-1-3-12(7-11)27-21(30)28-15-8-13(23)18(24)17(19(15)25)20(29)10-4-5-14-16(6-10)31-9-26-14/h1-9H,(H2,27,28,30). The van der Waals surface area contributed by atoms with E-state index in [1.807, 2.05) is 5.32 Å². The van der Waals surface area contributed by atoms with Gasteiger partial charge < -0.3 is 10.6 Å². The number of carbonyl (C=O) groups excluding carboxylic acids is 2. The monoisotopic (exact) mass is 445 g/mol. The van der Waals surface area contributed by atoms with Crippen LogP contribution in [0, 0.1) is 23.3 Å². The molecule has 0 aliphatic carbocycles. The quantitative estimate of drug-likeness (QED) is 0.240. The number of fused-ring (bicyclic) bond motifs is 1. The number of ketones is 1. The van der Waals surface area contributed by atoms with Crippen LogP contribution in [0.1, 0.15) is 15.9 Å². The van der Waals surface area contributed by atoms with Crippen molar-refractivity contribution in [1.82, 2.24) is 4.98 Å². The molecule has 4 aromatic rings. The zero-order valence-electron chi connectivity index (χ0n) is 15.4. The summed E-state index contributed by atoms with van der Waals surface area (Å²) >= 11 is 1.22. The summed E-state index contributed by atoms with van der Waals surface area (Å²) < 4.78 is 57.2. The van der Waals surface area contributed by atoms with Gasteiger partial charge in [0.15, 0.2) is 23.2 Å². The second kappa shape index (κ2) is 8.15. The van der Waals surface area contributed by atoms with Crippen LogP contribution in [0.25, 0.3) is 10.2 Å². The molecule has 0 aliphatic heterocycles. The van der Waals surface area contributed by atoms with Crippen molar-refractivity contribution in [2.45, 2.75) is 0 Å². The first-order valence-electron chi connectivity index (χ1n) is 8.72. The van der Waals surface area contributed by atoms with Gasteiger partial charge in [0.05, 0.1) is 27.0 Å². The predicted molar refractivity (Wildman–Crippen MR) is 108 cm³/mol. The van der Waals surface area contributed by atoms with Gasteiger partial charge in [0, 0.05) is 17.3 Å². The van der Waals surface area contributed by atoms with Gasteiger partial charge in [0.1, 0.15) is 5.82 Å². The van der Waals surface area contributed by atoms with E-state index in [0.717, 1.165) is 12.1 Å². The highest BCUT2D eigenvalue weighted by Gasteiger charge is 2.26. The third-order valence-electron chi connectivity index (χ3n) is 4.31. The Balaban J connectivity index is 1.66. The first kappa shape index (κ1) is 20.5. The predicted octanol–water partition coefficient (Wildman–Crippen LogP) is 5.73. The zero-order valence-corrected chi connectivity index (χ0v) is 16.2. The van der Waals surface area contributed by atoms with Crippen molar-refractivity contribution in [2.75, 3.05) is 10.6 Å². The van der Waals surface area contributed by atoms with Gasteiger partial charge in [-0.2, -0.15) is 0 Å². The van der Waals surface area contributed by atoms with Crippen molar-refractivity contribution >= 4 is 44.7 Å². The van der Waals surface area contributed by atoms with E-state index in [-0.39, 0.29) is 11.3 Å². The molecule has 0 atom stereocenters. The number of nitrogens with zero attached hydrogens (tertiary/aromatic N) is 1. The maximum Gasteiger partial charge on any atom is 0.323 e. The topological polar surface area (TPSA) is 71.1 Å². The van der Waals surface area contributed by atoms with Crippen LogP contribution in [0.15, 0.2) is 54.0 Å². The van der Waals surface area contributed by atoms with E-state index in [2.05, 4.69) is 10.3 Å². The minimum atomic E-state index is -1.68. The highest BCUT2D eigenvalue weighted by Crippen LogP contribution is 2.28. The van der Waals surface area contributed by atoms with Crippen LogP contribution < -0.4 is 10.6 Å². The van der Waals surface area contributed by atoms with Gasteiger partial charge in [-0.15, -0.1) is 11.3 Å². The minimum Gasteiger partial charge on any atom is -0.308 e. The molecule has 2 N–H and O–H groups in total. The lowest BCUT2D eigenvalue weighted by Crippen LogP contribution is -2.22. The van der Waals surface area contributed by atoms with E-state index in [0.29, 0.717) is 16.3 Å². The Hall–Kier alpha value is -3.79. The Kier molecular flexibility index (Phi) is 5.38. The van der Waals surface area contributed by atoms with E-state index in [4.69, 9.17) is 0 Å². The number of rotatable bonds is 4. The molecular formula is C21H11F4N3O2S. The summed E-state index contributed by atoms with van der Waals surface area (Å²) in [6, 6.07) is 8.44. The molecule has 0 aliphatic rings. The maximum absolute atomic E-state index is 14.9. The summed E-state index contributed by atoms with van der Waals surface area (Å²) in [5, 5.41) is 4.23. The number of hydrogen-bond acceptors (Lipinski definition) is 4. The number of hydrogen-bond donors (Lipinski definition) is 2. The molecule has 0 spiro atoms. The van der Waals surface area contributed by atoms with Crippen molar-refractivity contribution in [3.8, 4) is 0 Å². The summed E-state index contributed by atoms with van der Waals surface area (Å²) in [5.41, 5.74) is 0.213. The number of amides is 2. The van der Waals surface area contributed by atoms with Crippen LogP contribution >= 0.6 is 11.3 Å². The van der Waals surface area contributed by atoms with Gasteiger partial charge in [-0.1, -0.05) is 6.07 Å². The number of nitrogens with one attached hydrogen (secondary N) is 2. The molecule has 4 rings (SSSR count). The van der Waals surface area contributed by atoms with Gasteiger partial charge in [0.2, 0.25) is 0 Å². The number of thiazole rings is 1. The lowest BCUT2D eigenvalue weighted by Gasteiger charge is -2.12. The third kappa shape index (κ3) is 4.10. The van der Waals surface area contributed by atoms with Crippen LogP contribution in [0.5, 0.6) is 0 Å². The Morgan fingerprint density at radius 2 is 1.71 bits per heavy atom. The number of anilines is 2. The van der Waals surface area contributed by atoms with Crippen molar-refractivity contribution in [3.63, 3.8) is 0 Å². The molecule has 0 saturated heterocycles. The lowest BCUT2D eigenvalue weighted by molar-refractivity contribution is 0.103. The Morgan fingerprint density at radius 3 is 2.48 bits per heavy atom. The molecule has 0 unspecified atom stereocenters.